The molecule has 0 atom stereocenters. The number of hydrogen-bond donors (Lipinski definition) is 0. The third kappa shape index (κ3) is 5.43. The summed E-state index contributed by atoms with van der Waals surface area (Å²) in [5.41, 5.74) is 7.15. The van der Waals surface area contributed by atoms with Crippen molar-refractivity contribution in [2.45, 2.75) is 44.9 Å². The second-order valence-electron chi connectivity index (χ2n) is 7.06. The fourth-order valence-corrected chi connectivity index (χ4v) is 3.69. The van der Waals surface area contributed by atoms with E-state index in [2.05, 4.69) is 61.2 Å². The Balaban J connectivity index is 1.55. The van der Waals surface area contributed by atoms with E-state index >= 15 is 0 Å². The normalized spacial score (nSPS) is 12.8. The monoisotopic (exact) mass is 360 g/mol. The minimum atomic E-state index is -0.327. The third-order valence-electron chi connectivity index (χ3n) is 5.16. The van der Waals surface area contributed by atoms with Gasteiger partial charge in [0.1, 0.15) is 0 Å². The largest absolute Gasteiger partial charge is 0.463 e. The average molecular weight is 360 g/mol. The molecule has 140 valence electrons. The molecule has 0 fully saturated rings. The number of allylic oxidation sites excluding steroid dienone is 1. The third-order valence-corrected chi connectivity index (χ3v) is 5.16. The molecule has 0 spiro atoms. The fourth-order valence-electron chi connectivity index (χ4n) is 3.69. The second-order valence-corrected chi connectivity index (χ2v) is 7.06. The molecule has 2 aromatic carbocycles. The van der Waals surface area contributed by atoms with Gasteiger partial charge in [-0.2, -0.15) is 0 Å². The van der Waals surface area contributed by atoms with Gasteiger partial charge in [-0.15, -0.1) is 0 Å². The van der Waals surface area contributed by atoms with Crippen LogP contribution in [-0.2, 0) is 22.4 Å². The van der Waals surface area contributed by atoms with Crippen LogP contribution in [0.2, 0.25) is 0 Å². The van der Waals surface area contributed by atoms with Gasteiger partial charge in [-0.3, -0.25) is 0 Å². The summed E-state index contributed by atoms with van der Waals surface area (Å²) in [6.45, 7) is 3.90. The molecule has 0 unspecified atom stereocenters. The van der Waals surface area contributed by atoms with Crippen molar-refractivity contribution >= 4 is 17.6 Å². The summed E-state index contributed by atoms with van der Waals surface area (Å²) in [4.78, 5) is 11.0. The summed E-state index contributed by atoms with van der Waals surface area (Å²) in [5, 5.41) is 0. The predicted octanol–water partition coefficient (Wildman–Crippen LogP) is 6.01. The molecule has 3 rings (SSSR count). The van der Waals surface area contributed by atoms with Crippen LogP contribution in [0.4, 0.5) is 0 Å². The molecule has 2 heteroatoms. The van der Waals surface area contributed by atoms with E-state index in [0.29, 0.717) is 6.61 Å². The van der Waals surface area contributed by atoms with Crippen molar-refractivity contribution in [1.29, 1.82) is 0 Å². The molecule has 1 aliphatic rings. The Bertz CT molecular complexity index is 802. The maximum Gasteiger partial charge on any atom is 0.330 e. The highest BCUT2D eigenvalue weighted by Crippen LogP contribution is 2.32. The van der Waals surface area contributed by atoms with Crippen LogP contribution in [0.15, 0.2) is 61.2 Å². The number of carbonyl (C=O) groups is 1. The van der Waals surface area contributed by atoms with E-state index in [1.54, 1.807) is 0 Å². The van der Waals surface area contributed by atoms with E-state index < -0.39 is 0 Å². The number of unbranched alkanes of at least 4 members (excludes halogenated alkanes) is 3. The lowest BCUT2D eigenvalue weighted by molar-refractivity contribution is -0.137. The molecule has 2 aromatic rings. The van der Waals surface area contributed by atoms with Crippen LogP contribution in [0.1, 0.15) is 54.4 Å². The Morgan fingerprint density at radius 3 is 2.59 bits per heavy atom. The lowest BCUT2D eigenvalue weighted by Crippen LogP contribution is -2.03. The molecule has 0 aromatic heterocycles. The summed E-state index contributed by atoms with van der Waals surface area (Å²) in [6.07, 6.45) is 11.3. The zero-order valence-corrected chi connectivity index (χ0v) is 16.0. The van der Waals surface area contributed by atoms with Crippen LogP contribution in [0, 0.1) is 0 Å². The molecular weight excluding hydrogens is 332 g/mol. The van der Waals surface area contributed by atoms with Crippen LogP contribution >= 0.6 is 0 Å². The van der Waals surface area contributed by atoms with Crippen LogP contribution < -0.4 is 0 Å². The van der Waals surface area contributed by atoms with Crippen molar-refractivity contribution in [1.82, 2.24) is 0 Å². The summed E-state index contributed by atoms with van der Waals surface area (Å²) >= 11 is 0. The Morgan fingerprint density at radius 1 is 0.963 bits per heavy atom. The summed E-state index contributed by atoms with van der Waals surface area (Å²) in [6, 6.07) is 17.5. The van der Waals surface area contributed by atoms with Gasteiger partial charge >= 0.3 is 5.97 Å². The molecule has 0 bridgehead atoms. The molecular formula is C25H28O2. The zero-order valence-electron chi connectivity index (χ0n) is 16.0. The Kier molecular flexibility index (Phi) is 7.04. The van der Waals surface area contributed by atoms with Crippen molar-refractivity contribution in [3.63, 3.8) is 0 Å². The molecule has 0 aliphatic heterocycles. The van der Waals surface area contributed by atoms with Gasteiger partial charge in [0.25, 0.3) is 0 Å². The number of ether oxygens (including phenoxy) is 1. The quantitative estimate of drug-likeness (QED) is 0.311. The summed E-state index contributed by atoms with van der Waals surface area (Å²) in [5.74, 6) is -0.327. The number of carbonyl (C=O) groups excluding carboxylic acids is 1. The maximum absolute atomic E-state index is 11.0. The van der Waals surface area contributed by atoms with E-state index in [9.17, 15) is 4.79 Å². The number of benzene rings is 2. The minimum Gasteiger partial charge on any atom is -0.463 e. The van der Waals surface area contributed by atoms with E-state index in [-0.39, 0.29) is 5.97 Å². The van der Waals surface area contributed by atoms with Gasteiger partial charge in [0.15, 0.2) is 0 Å². The minimum absolute atomic E-state index is 0.327. The van der Waals surface area contributed by atoms with Gasteiger partial charge in [-0.25, -0.2) is 4.79 Å². The highest BCUT2D eigenvalue weighted by molar-refractivity contribution is 5.85. The number of esters is 1. The Labute approximate surface area is 162 Å². The second kappa shape index (κ2) is 9.91. The van der Waals surface area contributed by atoms with Crippen molar-refractivity contribution in [2.75, 3.05) is 6.61 Å². The van der Waals surface area contributed by atoms with Gasteiger partial charge < -0.3 is 4.74 Å². The van der Waals surface area contributed by atoms with Gasteiger partial charge in [-0.1, -0.05) is 74.0 Å². The van der Waals surface area contributed by atoms with Crippen LogP contribution in [0.3, 0.4) is 0 Å². The first kappa shape index (κ1) is 19.2. The molecule has 1 aliphatic carbocycles. The maximum atomic E-state index is 11.0. The highest BCUT2D eigenvalue weighted by atomic mass is 16.5. The molecule has 0 amide bonds. The summed E-state index contributed by atoms with van der Waals surface area (Å²) in [7, 11) is 0. The lowest BCUT2D eigenvalue weighted by Gasteiger charge is -2.20. The van der Waals surface area contributed by atoms with Crippen LogP contribution in [0.5, 0.6) is 0 Å². The number of fused-ring (bicyclic) bond motifs is 1. The van der Waals surface area contributed by atoms with E-state index in [1.165, 1.54) is 40.3 Å². The zero-order chi connectivity index (χ0) is 18.9. The van der Waals surface area contributed by atoms with Crippen molar-refractivity contribution in [3.05, 3.63) is 83.4 Å². The molecule has 27 heavy (non-hydrogen) atoms. The van der Waals surface area contributed by atoms with Gasteiger partial charge in [0.05, 0.1) is 6.61 Å². The molecule has 0 radical (unpaired) electrons. The van der Waals surface area contributed by atoms with Crippen molar-refractivity contribution in [3.8, 4) is 0 Å². The lowest BCUT2D eigenvalue weighted by atomic mass is 9.85. The Hall–Kier alpha value is -2.61. The first-order valence-corrected chi connectivity index (χ1v) is 9.94. The molecule has 0 saturated heterocycles. The molecule has 0 saturated carbocycles. The molecule has 0 N–H and O–H groups in total. The molecule has 2 nitrogen and oxygen atoms in total. The van der Waals surface area contributed by atoms with Crippen LogP contribution in [-0.4, -0.2) is 12.6 Å². The number of rotatable bonds is 9. The Morgan fingerprint density at radius 2 is 1.78 bits per heavy atom. The SMILES string of the molecule is C=CC(=O)OCCCCCCc1cccc2c1C=C(c1ccccc1)CC2. The average Bonchev–Trinajstić information content (AvgIpc) is 2.73. The van der Waals surface area contributed by atoms with E-state index in [1.807, 2.05) is 0 Å². The van der Waals surface area contributed by atoms with Gasteiger partial charge in [0.2, 0.25) is 0 Å². The van der Waals surface area contributed by atoms with Crippen molar-refractivity contribution < 1.29 is 9.53 Å². The number of aryl methyl sites for hydroxylation is 2. The smallest absolute Gasteiger partial charge is 0.330 e. The van der Waals surface area contributed by atoms with E-state index in [0.717, 1.165) is 38.5 Å². The first-order valence-electron chi connectivity index (χ1n) is 9.94. The number of hydrogen-bond acceptors (Lipinski definition) is 2. The molecule has 0 heterocycles. The van der Waals surface area contributed by atoms with Gasteiger partial charge in [-0.05, 0) is 59.9 Å². The van der Waals surface area contributed by atoms with E-state index in [4.69, 9.17) is 4.74 Å². The predicted molar refractivity (Wildman–Crippen MR) is 112 cm³/mol. The van der Waals surface area contributed by atoms with Crippen molar-refractivity contribution in [2.24, 2.45) is 0 Å². The fraction of sp³-hybridized carbons (Fsp3) is 0.320. The first-order chi connectivity index (χ1) is 13.3. The summed E-state index contributed by atoms with van der Waals surface area (Å²) < 4.78 is 5.02. The topological polar surface area (TPSA) is 26.3 Å². The van der Waals surface area contributed by atoms with Gasteiger partial charge in [0, 0.05) is 6.08 Å². The highest BCUT2D eigenvalue weighted by Gasteiger charge is 2.14. The van der Waals surface area contributed by atoms with Crippen LogP contribution in [0.25, 0.3) is 11.6 Å². The standard InChI is InChI=1S/C25H28O2/c1-2-25(26)27-18-9-4-3-6-13-21-14-10-15-22-16-17-23(19-24(21)22)20-11-7-5-8-12-20/h2,5,7-8,10-12,14-15,19H,1,3-4,6,9,13,16-18H2.